The van der Waals surface area contributed by atoms with E-state index in [9.17, 15) is 4.79 Å². The lowest BCUT2D eigenvalue weighted by molar-refractivity contribution is -0.119. The van der Waals surface area contributed by atoms with Gasteiger partial charge in [0.2, 0.25) is 5.91 Å². The summed E-state index contributed by atoms with van der Waals surface area (Å²) in [5.74, 6) is -0.145. The summed E-state index contributed by atoms with van der Waals surface area (Å²) in [7, 11) is 0. The molecule has 1 amide bonds. The number of nitrogens with two attached hydrogens (primary N) is 1. The molecule has 4 N–H and O–H groups in total. The van der Waals surface area contributed by atoms with Crippen LogP contribution >= 0.6 is 11.6 Å². The fourth-order valence-electron chi connectivity index (χ4n) is 3.03. The molecule has 1 saturated heterocycles. The number of amidine groups is 1. The Balaban J connectivity index is 1.79. The smallest absolute Gasteiger partial charge is 0.225 e. The van der Waals surface area contributed by atoms with Crippen molar-refractivity contribution in [3.63, 3.8) is 0 Å². The van der Waals surface area contributed by atoms with E-state index in [4.69, 9.17) is 22.7 Å². The molecule has 1 aromatic carbocycles. The molecule has 136 valence electrons. The van der Waals surface area contributed by atoms with E-state index in [1.807, 2.05) is 13.0 Å². The van der Waals surface area contributed by atoms with Gasteiger partial charge < -0.3 is 16.0 Å². The molecule has 6 heteroatoms. The van der Waals surface area contributed by atoms with Crippen LogP contribution in [0.1, 0.15) is 43.2 Å². The third-order valence-electron chi connectivity index (χ3n) is 4.41. The van der Waals surface area contributed by atoms with Crippen molar-refractivity contribution in [1.29, 1.82) is 5.41 Å². The van der Waals surface area contributed by atoms with E-state index in [1.54, 1.807) is 12.1 Å². The number of nitrogens with zero attached hydrogens (tertiary/aromatic N) is 1. The third kappa shape index (κ3) is 6.52. The van der Waals surface area contributed by atoms with Gasteiger partial charge in [-0.2, -0.15) is 0 Å². The molecule has 1 heterocycles. The van der Waals surface area contributed by atoms with Crippen LogP contribution in [0.4, 0.5) is 0 Å². The van der Waals surface area contributed by atoms with Gasteiger partial charge in [0.15, 0.2) is 0 Å². The summed E-state index contributed by atoms with van der Waals surface area (Å²) in [6, 6.07) is 5.43. The van der Waals surface area contributed by atoms with Gasteiger partial charge in [-0.05, 0) is 63.5 Å². The Morgan fingerprint density at radius 2 is 2.08 bits per heavy atom. The maximum Gasteiger partial charge on any atom is 0.225 e. The molecule has 5 nitrogen and oxygen atoms in total. The average molecular weight is 363 g/mol. The Labute approximate surface area is 154 Å². The minimum Gasteiger partial charge on any atom is -0.398 e. The van der Waals surface area contributed by atoms with Crippen molar-refractivity contribution >= 4 is 29.0 Å². The fraction of sp³-hybridized carbons (Fsp3) is 0.474. The zero-order valence-corrected chi connectivity index (χ0v) is 15.5. The van der Waals surface area contributed by atoms with Crippen molar-refractivity contribution in [3.8, 4) is 0 Å². The quantitative estimate of drug-likeness (QED) is 0.536. The third-order valence-corrected chi connectivity index (χ3v) is 4.65. The highest BCUT2D eigenvalue weighted by Gasteiger charge is 2.11. The predicted molar refractivity (Wildman–Crippen MR) is 104 cm³/mol. The molecule has 0 aliphatic carbocycles. The monoisotopic (exact) mass is 362 g/mol. The molecule has 0 unspecified atom stereocenters. The Bertz CT molecular complexity index is 651. The summed E-state index contributed by atoms with van der Waals surface area (Å²) >= 11 is 5.99. The summed E-state index contributed by atoms with van der Waals surface area (Å²) in [6.45, 7) is 5.14. The molecule has 1 aliphatic heterocycles. The molecule has 0 radical (unpaired) electrons. The van der Waals surface area contributed by atoms with Crippen LogP contribution in [0.15, 0.2) is 24.3 Å². The first-order valence-corrected chi connectivity index (χ1v) is 9.18. The molecular weight excluding hydrogens is 336 g/mol. The van der Waals surface area contributed by atoms with Gasteiger partial charge in [-0.3, -0.25) is 10.2 Å². The number of hydrogen-bond acceptors (Lipinski definition) is 4. The van der Waals surface area contributed by atoms with E-state index in [1.165, 1.54) is 25.3 Å². The minimum absolute atomic E-state index is 0.000141. The van der Waals surface area contributed by atoms with Gasteiger partial charge in [-0.15, -0.1) is 0 Å². The standard InChI is InChI=1S/C19H27ClN4O/c1-14-7-8-15(20)12-16(14)17(21)13-18(22)23-19(25)6-5-11-24-9-3-2-4-10-24/h7-8,12-13H,2-6,9-11,21H2,1H3,(H2,22,23,25). The highest BCUT2D eigenvalue weighted by molar-refractivity contribution is 6.30. The highest BCUT2D eigenvalue weighted by atomic mass is 35.5. The van der Waals surface area contributed by atoms with E-state index in [-0.39, 0.29) is 11.7 Å². The first-order chi connectivity index (χ1) is 12.0. The maximum atomic E-state index is 12.0. The largest absolute Gasteiger partial charge is 0.398 e. The Hall–Kier alpha value is -1.85. The number of piperidine rings is 1. The first-order valence-electron chi connectivity index (χ1n) is 8.80. The maximum absolute atomic E-state index is 12.0. The second kappa shape index (κ2) is 9.59. The number of aryl methyl sites for hydroxylation is 1. The van der Waals surface area contributed by atoms with Gasteiger partial charge in [-0.1, -0.05) is 24.1 Å². The van der Waals surface area contributed by atoms with Gasteiger partial charge in [0.1, 0.15) is 5.84 Å². The van der Waals surface area contributed by atoms with Crippen LogP contribution in [0.3, 0.4) is 0 Å². The van der Waals surface area contributed by atoms with Gasteiger partial charge in [0.25, 0.3) is 0 Å². The van der Waals surface area contributed by atoms with Crippen LogP contribution in [-0.4, -0.2) is 36.3 Å². The first kappa shape index (κ1) is 19.5. The number of likely N-dealkylation sites (tertiary alicyclic amines) is 1. The number of carbonyl (C=O) groups is 1. The number of halogens is 1. The Morgan fingerprint density at radius 1 is 1.36 bits per heavy atom. The molecule has 0 spiro atoms. The predicted octanol–water partition coefficient (Wildman–Crippen LogP) is 3.31. The summed E-state index contributed by atoms with van der Waals surface area (Å²) in [5.41, 5.74) is 8.20. The molecule has 2 rings (SSSR count). The van der Waals surface area contributed by atoms with Crippen LogP contribution in [0.5, 0.6) is 0 Å². The van der Waals surface area contributed by atoms with Gasteiger partial charge in [0, 0.05) is 28.8 Å². The molecular formula is C19H27ClN4O. The second-order valence-electron chi connectivity index (χ2n) is 6.53. The summed E-state index contributed by atoms with van der Waals surface area (Å²) in [4.78, 5) is 14.4. The summed E-state index contributed by atoms with van der Waals surface area (Å²) in [5, 5.41) is 11.1. The number of amides is 1. The van der Waals surface area contributed by atoms with Gasteiger partial charge in [-0.25, -0.2) is 0 Å². The lowest BCUT2D eigenvalue weighted by Gasteiger charge is -2.26. The van der Waals surface area contributed by atoms with Gasteiger partial charge >= 0.3 is 0 Å². The minimum atomic E-state index is -0.145. The Kier molecular flexibility index (Phi) is 7.47. The van der Waals surface area contributed by atoms with Crippen molar-refractivity contribution in [1.82, 2.24) is 10.2 Å². The summed E-state index contributed by atoms with van der Waals surface area (Å²) in [6.07, 6.45) is 6.51. The lowest BCUT2D eigenvalue weighted by atomic mass is 10.1. The van der Waals surface area contributed by atoms with Crippen LogP contribution in [-0.2, 0) is 4.79 Å². The van der Waals surface area contributed by atoms with E-state index >= 15 is 0 Å². The van der Waals surface area contributed by atoms with Crippen molar-refractivity contribution in [2.24, 2.45) is 5.73 Å². The number of hydrogen-bond donors (Lipinski definition) is 3. The number of benzene rings is 1. The second-order valence-corrected chi connectivity index (χ2v) is 6.96. The van der Waals surface area contributed by atoms with Crippen LogP contribution < -0.4 is 11.1 Å². The van der Waals surface area contributed by atoms with Gasteiger partial charge in [0.05, 0.1) is 0 Å². The highest BCUT2D eigenvalue weighted by Crippen LogP contribution is 2.19. The molecule has 0 saturated carbocycles. The molecule has 25 heavy (non-hydrogen) atoms. The van der Waals surface area contributed by atoms with Crippen molar-refractivity contribution in [2.75, 3.05) is 19.6 Å². The van der Waals surface area contributed by atoms with Crippen LogP contribution in [0.25, 0.3) is 5.70 Å². The molecule has 0 atom stereocenters. The van der Waals surface area contributed by atoms with Crippen molar-refractivity contribution in [2.45, 2.75) is 39.0 Å². The van der Waals surface area contributed by atoms with Crippen LogP contribution in [0.2, 0.25) is 5.02 Å². The Morgan fingerprint density at radius 3 is 2.80 bits per heavy atom. The van der Waals surface area contributed by atoms with Crippen LogP contribution in [0, 0.1) is 12.3 Å². The number of nitrogens with one attached hydrogen (secondary N) is 2. The molecule has 0 aromatic heterocycles. The molecule has 1 aliphatic rings. The fourth-order valence-corrected chi connectivity index (χ4v) is 3.21. The number of rotatable bonds is 6. The van der Waals surface area contributed by atoms with Crippen molar-refractivity contribution in [3.05, 3.63) is 40.4 Å². The number of carbonyl (C=O) groups excluding carboxylic acids is 1. The van der Waals surface area contributed by atoms with E-state index in [2.05, 4.69) is 10.2 Å². The summed E-state index contributed by atoms with van der Waals surface area (Å²) < 4.78 is 0. The molecule has 1 fully saturated rings. The molecule has 1 aromatic rings. The normalized spacial score (nSPS) is 15.8. The molecule has 0 bridgehead atoms. The van der Waals surface area contributed by atoms with E-state index < -0.39 is 0 Å². The average Bonchev–Trinajstić information content (AvgIpc) is 2.57. The van der Waals surface area contributed by atoms with Crippen molar-refractivity contribution < 1.29 is 4.79 Å². The lowest BCUT2D eigenvalue weighted by Crippen LogP contribution is -2.32. The topological polar surface area (TPSA) is 82.2 Å². The zero-order chi connectivity index (χ0) is 18.2. The van der Waals surface area contributed by atoms with E-state index in [0.29, 0.717) is 17.1 Å². The SMILES string of the molecule is Cc1ccc(Cl)cc1C(N)=CC(=N)NC(=O)CCCN1CCCCC1. The van der Waals surface area contributed by atoms with E-state index in [0.717, 1.165) is 37.2 Å². The zero-order valence-electron chi connectivity index (χ0n) is 14.8.